The molecule has 0 heterocycles. The molecule has 0 saturated carbocycles. The fourth-order valence-corrected chi connectivity index (χ4v) is 2.95. The summed E-state index contributed by atoms with van der Waals surface area (Å²) < 4.78 is 13.2. The molecule has 1 atom stereocenters. The second kappa shape index (κ2) is 10.0. The Morgan fingerprint density at radius 2 is 1.68 bits per heavy atom. The van der Waals surface area contributed by atoms with Crippen LogP contribution in [0.5, 0.6) is 0 Å². The first-order chi connectivity index (χ1) is 13.3. The van der Waals surface area contributed by atoms with Gasteiger partial charge in [-0.1, -0.05) is 37.3 Å². The van der Waals surface area contributed by atoms with E-state index in [2.05, 4.69) is 5.32 Å². The number of hydrogen-bond acceptors (Lipinski definition) is 2. The summed E-state index contributed by atoms with van der Waals surface area (Å²) in [6.07, 6.45) is 1.04. The minimum atomic E-state index is -0.615. The molecule has 0 bridgehead atoms. The van der Waals surface area contributed by atoms with Crippen molar-refractivity contribution in [2.75, 3.05) is 6.54 Å². The fourth-order valence-electron chi connectivity index (χ4n) is 2.95. The van der Waals surface area contributed by atoms with Crippen molar-refractivity contribution in [3.05, 3.63) is 70.5 Å². The monoisotopic (exact) mass is 384 g/mol. The van der Waals surface area contributed by atoms with Gasteiger partial charge in [-0.2, -0.15) is 0 Å². The van der Waals surface area contributed by atoms with Crippen molar-refractivity contribution in [3.8, 4) is 0 Å². The molecule has 150 valence electrons. The van der Waals surface area contributed by atoms with Crippen LogP contribution >= 0.6 is 0 Å². The van der Waals surface area contributed by atoms with Crippen LogP contribution in [0.2, 0.25) is 0 Å². The highest BCUT2D eigenvalue weighted by molar-refractivity contribution is 5.88. The zero-order valence-corrected chi connectivity index (χ0v) is 17.1. The maximum absolute atomic E-state index is 13.2. The summed E-state index contributed by atoms with van der Waals surface area (Å²) in [5.41, 5.74) is 4.00. The second-order valence-electron chi connectivity index (χ2n) is 7.21. The normalized spacial score (nSPS) is 11.8. The van der Waals surface area contributed by atoms with Crippen LogP contribution in [0, 0.1) is 19.7 Å². The van der Waals surface area contributed by atoms with Gasteiger partial charge in [-0.15, -0.1) is 0 Å². The van der Waals surface area contributed by atoms with Gasteiger partial charge in [-0.25, -0.2) is 4.39 Å². The number of halogens is 1. The van der Waals surface area contributed by atoms with E-state index < -0.39 is 6.04 Å². The highest BCUT2D eigenvalue weighted by Crippen LogP contribution is 2.15. The van der Waals surface area contributed by atoms with Gasteiger partial charge in [-0.05, 0) is 61.6 Å². The molecule has 4 nitrogen and oxygen atoms in total. The van der Waals surface area contributed by atoms with Gasteiger partial charge in [0.15, 0.2) is 0 Å². The predicted octanol–water partition coefficient (Wildman–Crippen LogP) is 3.93. The van der Waals surface area contributed by atoms with E-state index in [0.29, 0.717) is 6.54 Å². The minimum absolute atomic E-state index is 0.133. The molecule has 2 rings (SSSR count). The number of amides is 2. The van der Waals surface area contributed by atoms with Crippen molar-refractivity contribution in [2.45, 2.75) is 53.1 Å². The van der Waals surface area contributed by atoms with Crippen molar-refractivity contribution >= 4 is 11.8 Å². The number of benzene rings is 2. The largest absolute Gasteiger partial charge is 0.354 e. The molecule has 0 spiro atoms. The highest BCUT2D eigenvalue weighted by Gasteiger charge is 2.26. The van der Waals surface area contributed by atoms with Gasteiger partial charge in [0.05, 0.1) is 6.42 Å². The van der Waals surface area contributed by atoms with Crippen molar-refractivity contribution in [3.63, 3.8) is 0 Å². The summed E-state index contributed by atoms with van der Waals surface area (Å²) in [4.78, 5) is 27.1. The maximum atomic E-state index is 13.2. The second-order valence-corrected chi connectivity index (χ2v) is 7.21. The van der Waals surface area contributed by atoms with Gasteiger partial charge >= 0.3 is 0 Å². The lowest BCUT2D eigenvalue weighted by molar-refractivity contribution is -0.140. The van der Waals surface area contributed by atoms with Gasteiger partial charge in [0.1, 0.15) is 11.9 Å². The fraction of sp³-hybridized carbons (Fsp3) is 0.391. The topological polar surface area (TPSA) is 49.4 Å². The molecule has 0 unspecified atom stereocenters. The maximum Gasteiger partial charge on any atom is 0.242 e. The molecule has 0 saturated heterocycles. The Morgan fingerprint density at radius 3 is 2.29 bits per heavy atom. The van der Waals surface area contributed by atoms with Crippen LogP contribution in [0.1, 0.15) is 42.5 Å². The summed E-state index contributed by atoms with van der Waals surface area (Å²) in [5.74, 6) is -0.644. The third-order valence-electron chi connectivity index (χ3n) is 4.91. The molecule has 0 aliphatic heterocycles. The van der Waals surface area contributed by atoms with Gasteiger partial charge in [0.2, 0.25) is 11.8 Å². The lowest BCUT2D eigenvalue weighted by Crippen LogP contribution is -2.48. The molecule has 0 aliphatic carbocycles. The van der Waals surface area contributed by atoms with Crippen molar-refractivity contribution in [1.29, 1.82) is 0 Å². The molecular weight excluding hydrogens is 355 g/mol. The van der Waals surface area contributed by atoms with Crippen molar-refractivity contribution < 1.29 is 14.0 Å². The van der Waals surface area contributed by atoms with Crippen LogP contribution in [0.15, 0.2) is 42.5 Å². The average molecular weight is 384 g/mol. The van der Waals surface area contributed by atoms with E-state index >= 15 is 0 Å². The SMILES string of the molecule is CCCNC(=O)[C@@H](C)N(Cc1ccc(F)cc1)C(=O)Cc1ccc(C)c(C)c1. The van der Waals surface area contributed by atoms with Gasteiger partial charge in [0.25, 0.3) is 0 Å². The van der Waals surface area contributed by atoms with Crippen molar-refractivity contribution in [1.82, 2.24) is 10.2 Å². The summed E-state index contributed by atoms with van der Waals surface area (Å²) in [6.45, 7) is 8.57. The van der Waals surface area contributed by atoms with E-state index in [-0.39, 0.29) is 30.6 Å². The zero-order chi connectivity index (χ0) is 20.7. The summed E-state index contributed by atoms with van der Waals surface area (Å²) >= 11 is 0. The third kappa shape index (κ3) is 5.91. The van der Waals surface area contributed by atoms with Gasteiger partial charge in [0, 0.05) is 13.1 Å². The Kier molecular flexibility index (Phi) is 7.73. The highest BCUT2D eigenvalue weighted by atomic mass is 19.1. The molecule has 2 aromatic rings. The van der Waals surface area contributed by atoms with E-state index in [1.807, 2.05) is 39.0 Å². The molecule has 2 amide bonds. The van der Waals surface area contributed by atoms with E-state index in [0.717, 1.165) is 23.1 Å². The van der Waals surface area contributed by atoms with Crippen LogP contribution in [0.25, 0.3) is 0 Å². The van der Waals surface area contributed by atoms with Crippen LogP contribution in [-0.4, -0.2) is 29.3 Å². The number of nitrogens with zero attached hydrogens (tertiary/aromatic N) is 1. The minimum Gasteiger partial charge on any atom is -0.354 e. The predicted molar refractivity (Wildman–Crippen MR) is 109 cm³/mol. The third-order valence-corrected chi connectivity index (χ3v) is 4.91. The van der Waals surface area contributed by atoms with E-state index in [9.17, 15) is 14.0 Å². The van der Waals surface area contributed by atoms with E-state index in [1.54, 1.807) is 24.0 Å². The first-order valence-corrected chi connectivity index (χ1v) is 9.69. The van der Waals surface area contributed by atoms with E-state index in [1.165, 1.54) is 17.7 Å². The Balaban J connectivity index is 2.21. The molecule has 2 aromatic carbocycles. The first kappa shape index (κ1) is 21.6. The molecular formula is C23H29FN2O2. The number of hydrogen-bond donors (Lipinski definition) is 1. The lowest BCUT2D eigenvalue weighted by Gasteiger charge is -2.29. The smallest absolute Gasteiger partial charge is 0.242 e. The molecule has 5 heteroatoms. The molecule has 0 aliphatic rings. The number of nitrogens with one attached hydrogen (secondary N) is 1. The number of carbonyl (C=O) groups excluding carboxylic acids is 2. The van der Waals surface area contributed by atoms with Crippen molar-refractivity contribution in [2.24, 2.45) is 0 Å². The van der Waals surface area contributed by atoms with Crippen LogP contribution < -0.4 is 5.32 Å². The Bertz CT molecular complexity index is 818. The summed E-state index contributed by atoms with van der Waals surface area (Å²) in [7, 11) is 0. The number of carbonyl (C=O) groups is 2. The van der Waals surface area contributed by atoms with E-state index in [4.69, 9.17) is 0 Å². The average Bonchev–Trinajstić information content (AvgIpc) is 2.67. The molecule has 0 radical (unpaired) electrons. The van der Waals surface area contributed by atoms with Gasteiger partial charge in [-0.3, -0.25) is 9.59 Å². The summed E-state index contributed by atoms with van der Waals surface area (Å²) in [5, 5.41) is 2.85. The van der Waals surface area contributed by atoms with Crippen LogP contribution in [0.3, 0.4) is 0 Å². The number of aryl methyl sites for hydroxylation is 2. The Morgan fingerprint density at radius 1 is 1.04 bits per heavy atom. The van der Waals surface area contributed by atoms with Crippen LogP contribution in [0.4, 0.5) is 4.39 Å². The Labute approximate surface area is 166 Å². The summed E-state index contributed by atoms with van der Waals surface area (Å²) in [6, 6.07) is 11.3. The standard InChI is InChI=1S/C23H29FN2O2/c1-5-12-25-23(28)18(4)26(15-19-8-10-21(24)11-9-19)22(27)14-20-7-6-16(2)17(3)13-20/h6-11,13,18H,5,12,14-15H2,1-4H3,(H,25,28)/t18-/m1/s1. The number of rotatable bonds is 8. The Hall–Kier alpha value is -2.69. The molecule has 1 N–H and O–H groups in total. The van der Waals surface area contributed by atoms with Crippen LogP contribution in [-0.2, 0) is 22.6 Å². The zero-order valence-electron chi connectivity index (χ0n) is 17.1. The first-order valence-electron chi connectivity index (χ1n) is 9.69. The molecule has 28 heavy (non-hydrogen) atoms. The lowest BCUT2D eigenvalue weighted by atomic mass is 10.0. The van der Waals surface area contributed by atoms with Gasteiger partial charge < -0.3 is 10.2 Å². The quantitative estimate of drug-likeness (QED) is 0.750. The molecule has 0 aromatic heterocycles. The molecule has 0 fully saturated rings.